The van der Waals surface area contributed by atoms with E-state index in [1.165, 1.54) is 0 Å². The van der Waals surface area contributed by atoms with E-state index >= 15 is 0 Å². The summed E-state index contributed by atoms with van der Waals surface area (Å²) in [5.41, 5.74) is 3.14. The van der Waals surface area contributed by atoms with Gasteiger partial charge in [-0.2, -0.15) is 4.72 Å². The molecular weight excluding hydrogens is 372 g/mol. The number of amides is 1. The van der Waals surface area contributed by atoms with E-state index in [1.54, 1.807) is 36.2 Å². The van der Waals surface area contributed by atoms with Gasteiger partial charge in [-0.05, 0) is 43.9 Å². The monoisotopic (exact) mass is 402 g/mol. The highest BCUT2D eigenvalue weighted by Gasteiger charge is 2.28. The molecule has 2 rings (SSSR count). The lowest BCUT2D eigenvalue weighted by Gasteiger charge is -2.26. The summed E-state index contributed by atoms with van der Waals surface area (Å²) in [6, 6.07) is 13.8. The summed E-state index contributed by atoms with van der Waals surface area (Å²) < 4.78 is 28.2. The van der Waals surface area contributed by atoms with Crippen LogP contribution in [0.5, 0.6) is 0 Å². The highest BCUT2D eigenvalue weighted by Crippen LogP contribution is 2.15. The third-order valence-corrected chi connectivity index (χ3v) is 6.04. The molecule has 0 bridgehead atoms. The van der Waals surface area contributed by atoms with Gasteiger partial charge in [0.05, 0.1) is 4.90 Å². The van der Waals surface area contributed by atoms with E-state index in [0.717, 1.165) is 16.7 Å². The van der Waals surface area contributed by atoms with Gasteiger partial charge in [-0.1, -0.05) is 61.4 Å². The molecule has 0 aromatic heterocycles. The molecule has 0 fully saturated rings. The lowest BCUT2D eigenvalue weighted by molar-refractivity contribution is -0.132. The Kier molecular flexibility index (Phi) is 7.38. The number of sulfonamides is 1. The van der Waals surface area contributed by atoms with Crippen molar-refractivity contribution in [3.05, 3.63) is 65.2 Å². The number of carbonyl (C=O) groups is 1. The number of benzene rings is 2. The average Bonchev–Trinajstić information content (AvgIpc) is 2.62. The normalized spacial score (nSPS) is 12.8. The van der Waals surface area contributed by atoms with Crippen LogP contribution in [-0.2, 0) is 21.4 Å². The van der Waals surface area contributed by atoms with Crippen molar-refractivity contribution in [2.45, 2.75) is 51.6 Å². The first kappa shape index (κ1) is 22.1. The third kappa shape index (κ3) is 6.17. The van der Waals surface area contributed by atoms with Crippen LogP contribution in [0.3, 0.4) is 0 Å². The molecule has 1 atom stereocenters. The second-order valence-corrected chi connectivity index (χ2v) is 9.51. The summed E-state index contributed by atoms with van der Waals surface area (Å²) in [5, 5.41) is 0. The van der Waals surface area contributed by atoms with Crippen molar-refractivity contribution < 1.29 is 13.2 Å². The number of nitrogens with zero attached hydrogens (tertiary/aromatic N) is 1. The molecule has 28 heavy (non-hydrogen) atoms. The quantitative estimate of drug-likeness (QED) is 0.733. The van der Waals surface area contributed by atoms with Gasteiger partial charge in [0.2, 0.25) is 15.9 Å². The molecule has 0 saturated carbocycles. The Morgan fingerprint density at radius 1 is 0.964 bits per heavy atom. The molecule has 1 amide bonds. The first-order valence-electron chi connectivity index (χ1n) is 9.48. The number of rotatable bonds is 8. The molecule has 0 heterocycles. The summed E-state index contributed by atoms with van der Waals surface area (Å²) in [7, 11) is -2.07. The molecule has 2 aromatic carbocycles. The van der Waals surface area contributed by atoms with Crippen LogP contribution in [0.4, 0.5) is 0 Å². The number of hydrogen-bond donors (Lipinski definition) is 1. The topological polar surface area (TPSA) is 66.5 Å². The lowest BCUT2D eigenvalue weighted by atomic mass is 10.0. The zero-order valence-corrected chi connectivity index (χ0v) is 18.1. The molecular formula is C22H30N2O3S. The first-order chi connectivity index (χ1) is 13.1. The molecule has 0 aliphatic heterocycles. The molecule has 1 unspecified atom stereocenters. The van der Waals surface area contributed by atoms with Gasteiger partial charge >= 0.3 is 0 Å². The maximum atomic E-state index is 13.0. The Morgan fingerprint density at radius 3 is 1.96 bits per heavy atom. The van der Waals surface area contributed by atoms with Crippen LogP contribution in [0.2, 0.25) is 0 Å². The predicted octanol–water partition coefficient (Wildman–Crippen LogP) is 3.66. The Labute approximate surface area is 168 Å². The van der Waals surface area contributed by atoms with Gasteiger partial charge in [0.15, 0.2) is 0 Å². The molecule has 0 radical (unpaired) electrons. The smallest absolute Gasteiger partial charge is 0.241 e. The van der Waals surface area contributed by atoms with Gasteiger partial charge in [-0.25, -0.2) is 8.42 Å². The van der Waals surface area contributed by atoms with Crippen LogP contribution in [-0.4, -0.2) is 32.3 Å². The predicted molar refractivity (Wildman–Crippen MR) is 112 cm³/mol. The molecule has 0 aliphatic rings. The lowest BCUT2D eigenvalue weighted by Crippen LogP contribution is -2.47. The second kappa shape index (κ2) is 9.34. The van der Waals surface area contributed by atoms with Crippen molar-refractivity contribution in [1.29, 1.82) is 0 Å². The van der Waals surface area contributed by atoms with Crippen molar-refractivity contribution in [2.75, 3.05) is 7.05 Å². The van der Waals surface area contributed by atoms with Crippen LogP contribution in [0.25, 0.3) is 0 Å². The van der Waals surface area contributed by atoms with Crippen molar-refractivity contribution in [1.82, 2.24) is 9.62 Å². The van der Waals surface area contributed by atoms with E-state index in [-0.39, 0.29) is 16.7 Å². The Balaban J connectivity index is 2.18. The van der Waals surface area contributed by atoms with Crippen molar-refractivity contribution in [3.8, 4) is 0 Å². The van der Waals surface area contributed by atoms with Crippen molar-refractivity contribution in [2.24, 2.45) is 5.92 Å². The summed E-state index contributed by atoms with van der Waals surface area (Å²) in [5.74, 6) is -0.0626. The van der Waals surface area contributed by atoms with Crippen LogP contribution in [0.15, 0.2) is 53.4 Å². The maximum Gasteiger partial charge on any atom is 0.241 e. The fourth-order valence-electron chi connectivity index (χ4n) is 2.95. The number of carbonyl (C=O) groups excluding carboxylic acids is 1. The fraction of sp³-hybridized carbons (Fsp3) is 0.409. The van der Waals surface area contributed by atoms with Gasteiger partial charge in [0.1, 0.15) is 6.04 Å². The van der Waals surface area contributed by atoms with E-state index in [4.69, 9.17) is 0 Å². The molecule has 152 valence electrons. The third-order valence-electron chi connectivity index (χ3n) is 4.55. The van der Waals surface area contributed by atoms with Crippen LogP contribution < -0.4 is 4.72 Å². The Bertz CT molecular complexity index is 888. The van der Waals surface area contributed by atoms with E-state index in [2.05, 4.69) is 4.72 Å². The molecule has 1 N–H and O–H groups in total. The minimum absolute atomic E-state index is 0.167. The minimum Gasteiger partial charge on any atom is -0.340 e. The molecule has 0 spiro atoms. The largest absolute Gasteiger partial charge is 0.340 e. The molecule has 5 nitrogen and oxygen atoms in total. The molecule has 0 saturated heterocycles. The van der Waals surface area contributed by atoms with Crippen LogP contribution in [0, 0.1) is 19.8 Å². The number of likely N-dealkylation sites (N-methyl/N-ethyl adjacent to an activating group) is 1. The second-order valence-electron chi connectivity index (χ2n) is 7.80. The van der Waals surface area contributed by atoms with E-state index < -0.39 is 16.1 Å². The fourth-order valence-corrected chi connectivity index (χ4v) is 4.16. The maximum absolute atomic E-state index is 13.0. The molecule has 2 aromatic rings. The summed E-state index contributed by atoms with van der Waals surface area (Å²) in [6.45, 7) is 8.28. The summed E-state index contributed by atoms with van der Waals surface area (Å²) in [4.78, 5) is 14.8. The number of hydrogen-bond acceptors (Lipinski definition) is 3. The Morgan fingerprint density at radius 2 is 1.46 bits per heavy atom. The van der Waals surface area contributed by atoms with Crippen molar-refractivity contribution >= 4 is 15.9 Å². The van der Waals surface area contributed by atoms with E-state index in [0.29, 0.717) is 13.0 Å². The minimum atomic E-state index is -3.78. The average molecular weight is 403 g/mol. The van der Waals surface area contributed by atoms with Crippen LogP contribution in [0.1, 0.15) is 37.0 Å². The SMILES string of the molecule is Cc1ccc(CN(C)C(=O)C(CC(C)C)NS(=O)(=O)c2ccc(C)cc2)cc1. The number of nitrogens with one attached hydrogen (secondary N) is 1. The van der Waals surface area contributed by atoms with Crippen molar-refractivity contribution in [3.63, 3.8) is 0 Å². The summed E-state index contributed by atoms with van der Waals surface area (Å²) >= 11 is 0. The number of aryl methyl sites for hydroxylation is 2. The van der Waals surface area contributed by atoms with Crippen LogP contribution >= 0.6 is 0 Å². The van der Waals surface area contributed by atoms with Gasteiger partial charge in [-0.15, -0.1) is 0 Å². The van der Waals surface area contributed by atoms with Gasteiger partial charge in [0, 0.05) is 13.6 Å². The first-order valence-corrected chi connectivity index (χ1v) is 11.0. The van der Waals surface area contributed by atoms with Gasteiger partial charge < -0.3 is 4.90 Å². The zero-order valence-electron chi connectivity index (χ0n) is 17.3. The standard InChI is InChI=1S/C22H30N2O3S/c1-16(2)14-21(23-28(26,27)20-12-8-18(4)9-13-20)22(25)24(5)15-19-10-6-17(3)7-11-19/h6-13,16,21,23H,14-15H2,1-5H3. The molecule has 0 aliphatic carbocycles. The molecule has 6 heteroatoms. The zero-order chi connectivity index (χ0) is 20.9. The Hall–Kier alpha value is -2.18. The highest BCUT2D eigenvalue weighted by molar-refractivity contribution is 7.89. The van der Waals surface area contributed by atoms with Gasteiger partial charge in [0.25, 0.3) is 0 Å². The summed E-state index contributed by atoms with van der Waals surface area (Å²) in [6.07, 6.45) is 0.433. The van der Waals surface area contributed by atoms with E-state index in [9.17, 15) is 13.2 Å². The highest BCUT2D eigenvalue weighted by atomic mass is 32.2. The van der Waals surface area contributed by atoms with Gasteiger partial charge in [-0.3, -0.25) is 4.79 Å². The van der Waals surface area contributed by atoms with E-state index in [1.807, 2.05) is 52.0 Å².